The number of fused-ring (bicyclic) bond motifs is 1. The van der Waals surface area contributed by atoms with E-state index < -0.39 is 0 Å². The quantitative estimate of drug-likeness (QED) is 0.821. The predicted molar refractivity (Wildman–Crippen MR) is 106 cm³/mol. The second-order valence-electron chi connectivity index (χ2n) is 7.47. The van der Waals surface area contributed by atoms with Crippen LogP contribution in [0.4, 0.5) is 5.69 Å². The van der Waals surface area contributed by atoms with E-state index in [0.717, 1.165) is 56.8 Å². The Morgan fingerprint density at radius 1 is 1.15 bits per heavy atom. The van der Waals surface area contributed by atoms with Crippen molar-refractivity contribution in [2.45, 2.75) is 26.2 Å². The Morgan fingerprint density at radius 2 is 2.04 bits per heavy atom. The molecular formula is C22H27N3O2. The Balaban J connectivity index is 1.43. The van der Waals surface area contributed by atoms with Gasteiger partial charge in [0.15, 0.2) is 0 Å². The molecule has 142 valence electrons. The summed E-state index contributed by atoms with van der Waals surface area (Å²) in [5.41, 5.74) is 3.57. The van der Waals surface area contributed by atoms with Gasteiger partial charge in [0.25, 0.3) is 0 Å². The van der Waals surface area contributed by atoms with Crippen LogP contribution in [0.25, 0.3) is 0 Å². The predicted octanol–water partition coefficient (Wildman–Crippen LogP) is 3.07. The SMILES string of the molecule is Cc1cnccc1N1CCCN(C(=O)C2CCOc3ccccc3C2)CC1. The lowest BCUT2D eigenvalue weighted by atomic mass is 9.95. The number of nitrogens with zero attached hydrogens (tertiary/aromatic N) is 3. The molecular weight excluding hydrogens is 338 g/mol. The number of rotatable bonds is 2. The van der Waals surface area contributed by atoms with Crippen molar-refractivity contribution in [2.24, 2.45) is 5.92 Å². The van der Waals surface area contributed by atoms with Crippen LogP contribution < -0.4 is 9.64 Å². The molecule has 27 heavy (non-hydrogen) atoms. The summed E-state index contributed by atoms with van der Waals surface area (Å²) in [6.45, 7) is 6.17. The molecule has 1 saturated heterocycles. The summed E-state index contributed by atoms with van der Waals surface area (Å²) >= 11 is 0. The average Bonchev–Trinajstić information content (AvgIpc) is 3.06. The highest BCUT2D eigenvalue weighted by atomic mass is 16.5. The number of carbonyl (C=O) groups excluding carboxylic acids is 1. The molecule has 0 saturated carbocycles. The van der Waals surface area contributed by atoms with Crippen LogP contribution in [0.5, 0.6) is 5.75 Å². The molecule has 2 aromatic rings. The zero-order valence-electron chi connectivity index (χ0n) is 15.9. The van der Waals surface area contributed by atoms with E-state index in [1.54, 1.807) is 0 Å². The van der Waals surface area contributed by atoms with Crippen LogP contribution in [0, 0.1) is 12.8 Å². The van der Waals surface area contributed by atoms with E-state index in [0.29, 0.717) is 6.61 Å². The minimum Gasteiger partial charge on any atom is -0.493 e. The highest BCUT2D eigenvalue weighted by Crippen LogP contribution is 2.28. The minimum absolute atomic E-state index is 0.0165. The molecule has 2 aliphatic heterocycles. The number of benzene rings is 1. The van der Waals surface area contributed by atoms with Crippen molar-refractivity contribution in [2.75, 3.05) is 37.7 Å². The molecule has 1 aromatic heterocycles. The second kappa shape index (κ2) is 7.99. The van der Waals surface area contributed by atoms with E-state index in [1.807, 2.05) is 30.6 Å². The molecule has 5 heteroatoms. The third-order valence-corrected chi connectivity index (χ3v) is 5.65. The summed E-state index contributed by atoms with van der Waals surface area (Å²) in [4.78, 5) is 21.9. The van der Waals surface area contributed by atoms with Crippen LogP contribution in [0.3, 0.4) is 0 Å². The lowest BCUT2D eigenvalue weighted by Crippen LogP contribution is -2.40. The summed E-state index contributed by atoms with van der Waals surface area (Å²) in [5.74, 6) is 1.23. The van der Waals surface area contributed by atoms with Crippen molar-refractivity contribution in [1.82, 2.24) is 9.88 Å². The van der Waals surface area contributed by atoms with E-state index in [9.17, 15) is 4.79 Å². The van der Waals surface area contributed by atoms with Crippen LogP contribution in [0.2, 0.25) is 0 Å². The fourth-order valence-electron chi connectivity index (χ4n) is 4.16. The maximum atomic E-state index is 13.2. The molecule has 4 rings (SSSR count). The van der Waals surface area contributed by atoms with Gasteiger partial charge < -0.3 is 14.5 Å². The summed E-state index contributed by atoms with van der Waals surface area (Å²) in [6.07, 6.45) is 6.31. The number of hydrogen-bond donors (Lipinski definition) is 0. The summed E-state index contributed by atoms with van der Waals surface area (Å²) in [7, 11) is 0. The molecule has 1 aromatic carbocycles. The number of anilines is 1. The molecule has 0 spiro atoms. The molecule has 3 heterocycles. The molecule has 0 aliphatic carbocycles. The van der Waals surface area contributed by atoms with E-state index in [1.165, 1.54) is 11.3 Å². The van der Waals surface area contributed by atoms with E-state index in [2.05, 4.69) is 33.8 Å². The minimum atomic E-state index is 0.0165. The van der Waals surface area contributed by atoms with E-state index in [4.69, 9.17) is 4.74 Å². The fraction of sp³-hybridized carbons (Fsp3) is 0.455. The molecule has 5 nitrogen and oxygen atoms in total. The van der Waals surface area contributed by atoms with Gasteiger partial charge in [-0.05, 0) is 49.4 Å². The van der Waals surface area contributed by atoms with Gasteiger partial charge in [-0.15, -0.1) is 0 Å². The first-order valence-corrected chi connectivity index (χ1v) is 9.87. The van der Waals surface area contributed by atoms with Crippen LogP contribution >= 0.6 is 0 Å². The van der Waals surface area contributed by atoms with Crippen LogP contribution in [-0.4, -0.2) is 48.6 Å². The third-order valence-electron chi connectivity index (χ3n) is 5.65. The fourth-order valence-corrected chi connectivity index (χ4v) is 4.16. The lowest BCUT2D eigenvalue weighted by molar-refractivity contribution is -0.135. The molecule has 2 aliphatic rings. The molecule has 1 fully saturated rings. The largest absolute Gasteiger partial charge is 0.493 e. The van der Waals surface area contributed by atoms with Crippen molar-refractivity contribution in [1.29, 1.82) is 0 Å². The van der Waals surface area contributed by atoms with Crippen molar-refractivity contribution < 1.29 is 9.53 Å². The second-order valence-corrected chi connectivity index (χ2v) is 7.47. The topological polar surface area (TPSA) is 45.7 Å². The lowest BCUT2D eigenvalue weighted by Gasteiger charge is -2.27. The Kier molecular flexibility index (Phi) is 5.28. The molecule has 1 amide bonds. The molecule has 0 N–H and O–H groups in total. The molecule has 1 atom stereocenters. The highest BCUT2D eigenvalue weighted by molar-refractivity contribution is 5.79. The van der Waals surface area contributed by atoms with Gasteiger partial charge in [-0.25, -0.2) is 0 Å². The van der Waals surface area contributed by atoms with Crippen LogP contribution in [0.15, 0.2) is 42.7 Å². The maximum Gasteiger partial charge on any atom is 0.226 e. The van der Waals surface area contributed by atoms with Gasteiger partial charge in [-0.3, -0.25) is 9.78 Å². The van der Waals surface area contributed by atoms with Gasteiger partial charge in [0, 0.05) is 50.2 Å². The summed E-state index contributed by atoms with van der Waals surface area (Å²) < 4.78 is 5.84. The number of aryl methyl sites for hydroxylation is 1. The summed E-state index contributed by atoms with van der Waals surface area (Å²) in [6, 6.07) is 10.2. The zero-order valence-corrected chi connectivity index (χ0v) is 15.9. The Bertz CT molecular complexity index is 808. The number of hydrogen-bond acceptors (Lipinski definition) is 4. The zero-order chi connectivity index (χ0) is 18.6. The first-order valence-electron chi connectivity index (χ1n) is 9.87. The standard InChI is InChI=1S/C22H27N3O2/c1-17-16-23-9-7-20(17)24-10-4-11-25(13-12-24)22(26)19-8-14-27-21-6-3-2-5-18(21)15-19/h2-3,5-7,9,16,19H,4,8,10-15H2,1H3. The molecule has 1 unspecified atom stereocenters. The van der Waals surface area contributed by atoms with E-state index in [-0.39, 0.29) is 11.8 Å². The van der Waals surface area contributed by atoms with Crippen molar-refractivity contribution >= 4 is 11.6 Å². The van der Waals surface area contributed by atoms with Crippen molar-refractivity contribution in [3.05, 3.63) is 53.9 Å². The number of carbonyl (C=O) groups is 1. The average molecular weight is 365 g/mol. The third kappa shape index (κ3) is 3.92. The number of amides is 1. The first-order chi connectivity index (χ1) is 13.2. The molecule has 0 radical (unpaired) electrons. The smallest absolute Gasteiger partial charge is 0.226 e. The van der Waals surface area contributed by atoms with Gasteiger partial charge in [0.2, 0.25) is 5.91 Å². The van der Waals surface area contributed by atoms with Gasteiger partial charge in [0.1, 0.15) is 5.75 Å². The summed E-state index contributed by atoms with van der Waals surface area (Å²) in [5, 5.41) is 0. The number of para-hydroxylation sites is 1. The van der Waals surface area contributed by atoms with E-state index >= 15 is 0 Å². The Hall–Kier alpha value is -2.56. The highest BCUT2D eigenvalue weighted by Gasteiger charge is 2.29. The van der Waals surface area contributed by atoms with Crippen LogP contribution in [-0.2, 0) is 11.2 Å². The number of pyridine rings is 1. The number of aromatic nitrogens is 1. The van der Waals surface area contributed by atoms with Crippen molar-refractivity contribution in [3.8, 4) is 5.75 Å². The van der Waals surface area contributed by atoms with Gasteiger partial charge >= 0.3 is 0 Å². The Labute approximate surface area is 161 Å². The number of ether oxygens (including phenoxy) is 1. The van der Waals surface area contributed by atoms with Crippen molar-refractivity contribution in [3.63, 3.8) is 0 Å². The van der Waals surface area contributed by atoms with Crippen LogP contribution in [0.1, 0.15) is 24.0 Å². The van der Waals surface area contributed by atoms with Gasteiger partial charge in [0.05, 0.1) is 6.61 Å². The Morgan fingerprint density at radius 3 is 2.93 bits per heavy atom. The monoisotopic (exact) mass is 365 g/mol. The molecule has 0 bridgehead atoms. The first kappa shape index (κ1) is 17.8. The van der Waals surface area contributed by atoms with Gasteiger partial charge in [-0.1, -0.05) is 18.2 Å². The van der Waals surface area contributed by atoms with Gasteiger partial charge in [-0.2, -0.15) is 0 Å². The normalized spacial score (nSPS) is 20.3. The maximum absolute atomic E-state index is 13.2.